The lowest BCUT2D eigenvalue weighted by molar-refractivity contribution is 0.561. The van der Waals surface area contributed by atoms with Gasteiger partial charge in [0, 0.05) is 36.2 Å². The van der Waals surface area contributed by atoms with E-state index in [9.17, 15) is 0 Å². The molecule has 92 valence electrons. The summed E-state index contributed by atoms with van der Waals surface area (Å²) >= 11 is 1.74. The van der Waals surface area contributed by atoms with Gasteiger partial charge in [0.1, 0.15) is 17.7 Å². The van der Waals surface area contributed by atoms with E-state index in [0.29, 0.717) is 0 Å². The Morgan fingerprint density at radius 1 is 1.17 bits per heavy atom. The van der Waals surface area contributed by atoms with Crippen molar-refractivity contribution in [1.82, 2.24) is 25.3 Å². The molecule has 0 fully saturated rings. The van der Waals surface area contributed by atoms with Crippen molar-refractivity contribution in [3.63, 3.8) is 0 Å². The summed E-state index contributed by atoms with van der Waals surface area (Å²) in [5.74, 6) is 1.73. The Bertz CT molecular complexity index is 521. The van der Waals surface area contributed by atoms with E-state index in [-0.39, 0.29) is 6.04 Å². The average Bonchev–Trinajstić information content (AvgIpc) is 3.14. The minimum absolute atomic E-state index is 0.0444. The predicted molar refractivity (Wildman–Crippen MR) is 70.2 cm³/mol. The first-order chi connectivity index (χ1) is 8.93. The average molecular weight is 259 g/mol. The molecule has 0 saturated heterocycles. The maximum absolute atomic E-state index is 4.30. The molecule has 5 nitrogen and oxygen atoms in total. The number of hydrogen-bond donors (Lipinski definition) is 3. The SMILES string of the molecule is c1csc(CNC(c2ncc[nH]2)c2ncc[nH]2)c1. The zero-order valence-corrected chi connectivity index (χ0v) is 10.4. The third-order valence-electron chi connectivity index (χ3n) is 2.65. The van der Waals surface area contributed by atoms with Crippen LogP contribution in [0.5, 0.6) is 0 Å². The van der Waals surface area contributed by atoms with Gasteiger partial charge in [0.15, 0.2) is 0 Å². The highest BCUT2D eigenvalue weighted by Gasteiger charge is 2.18. The summed E-state index contributed by atoms with van der Waals surface area (Å²) in [6.45, 7) is 0.795. The van der Waals surface area contributed by atoms with Gasteiger partial charge in [-0.1, -0.05) is 6.07 Å². The molecular formula is C12H13N5S. The molecule has 3 heterocycles. The van der Waals surface area contributed by atoms with E-state index in [4.69, 9.17) is 0 Å². The van der Waals surface area contributed by atoms with Crippen LogP contribution in [0.4, 0.5) is 0 Å². The molecule has 18 heavy (non-hydrogen) atoms. The smallest absolute Gasteiger partial charge is 0.131 e. The fourth-order valence-electron chi connectivity index (χ4n) is 1.81. The monoisotopic (exact) mass is 259 g/mol. The Hall–Kier alpha value is -1.92. The van der Waals surface area contributed by atoms with Crippen LogP contribution in [-0.2, 0) is 6.54 Å². The molecule has 0 radical (unpaired) electrons. The van der Waals surface area contributed by atoms with E-state index in [2.05, 4.69) is 42.8 Å². The van der Waals surface area contributed by atoms with Crippen molar-refractivity contribution in [1.29, 1.82) is 0 Å². The van der Waals surface area contributed by atoms with Crippen LogP contribution in [0.2, 0.25) is 0 Å². The van der Waals surface area contributed by atoms with Gasteiger partial charge >= 0.3 is 0 Å². The van der Waals surface area contributed by atoms with Crippen molar-refractivity contribution >= 4 is 11.3 Å². The van der Waals surface area contributed by atoms with Gasteiger partial charge < -0.3 is 9.97 Å². The summed E-state index contributed by atoms with van der Waals surface area (Å²) in [4.78, 5) is 16.1. The van der Waals surface area contributed by atoms with E-state index < -0.39 is 0 Å². The largest absolute Gasteiger partial charge is 0.347 e. The first-order valence-corrected chi connectivity index (χ1v) is 6.56. The predicted octanol–water partition coefficient (Wildman–Crippen LogP) is 2.07. The number of nitrogens with one attached hydrogen (secondary N) is 3. The lowest BCUT2D eigenvalue weighted by atomic mass is 10.2. The van der Waals surface area contributed by atoms with Crippen LogP contribution in [0.25, 0.3) is 0 Å². The number of rotatable bonds is 5. The topological polar surface area (TPSA) is 69.4 Å². The fourth-order valence-corrected chi connectivity index (χ4v) is 2.47. The van der Waals surface area contributed by atoms with Gasteiger partial charge in [0.25, 0.3) is 0 Å². The zero-order valence-electron chi connectivity index (χ0n) is 9.63. The van der Waals surface area contributed by atoms with E-state index in [1.54, 1.807) is 23.7 Å². The molecule has 0 aliphatic carbocycles. The highest BCUT2D eigenvalue weighted by Crippen LogP contribution is 2.17. The molecule has 3 aromatic rings. The van der Waals surface area contributed by atoms with Crippen LogP contribution >= 0.6 is 11.3 Å². The summed E-state index contributed by atoms with van der Waals surface area (Å²) in [7, 11) is 0. The van der Waals surface area contributed by atoms with E-state index in [0.717, 1.165) is 18.2 Å². The minimum Gasteiger partial charge on any atom is -0.347 e. The molecule has 6 heteroatoms. The Morgan fingerprint density at radius 2 is 1.89 bits per heavy atom. The first-order valence-electron chi connectivity index (χ1n) is 5.68. The number of hydrogen-bond acceptors (Lipinski definition) is 4. The second-order valence-corrected chi connectivity index (χ2v) is 4.87. The van der Waals surface area contributed by atoms with Crippen LogP contribution < -0.4 is 5.32 Å². The third kappa shape index (κ3) is 2.34. The van der Waals surface area contributed by atoms with Crippen molar-refractivity contribution < 1.29 is 0 Å². The molecule has 0 aliphatic rings. The Morgan fingerprint density at radius 3 is 2.39 bits per heavy atom. The summed E-state index contributed by atoms with van der Waals surface area (Å²) in [6, 6.07) is 4.12. The summed E-state index contributed by atoms with van der Waals surface area (Å²) < 4.78 is 0. The van der Waals surface area contributed by atoms with Crippen molar-refractivity contribution in [3.8, 4) is 0 Å². The summed E-state index contributed by atoms with van der Waals surface area (Å²) in [6.07, 6.45) is 7.13. The van der Waals surface area contributed by atoms with E-state index in [1.807, 2.05) is 12.4 Å². The van der Waals surface area contributed by atoms with Gasteiger partial charge in [-0.2, -0.15) is 0 Å². The molecule has 0 bridgehead atoms. The standard InChI is InChI=1S/C12H13N5S/c1-2-9(18-7-1)8-17-10(11-13-3-4-14-11)12-15-5-6-16-12/h1-7,10,17H,8H2,(H,13,14)(H,15,16). The Labute approximate surface area is 108 Å². The quantitative estimate of drug-likeness (QED) is 0.657. The van der Waals surface area contributed by atoms with Gasteiger partial charge in [-0.3, -0.25) is 5.32 Å². The van der Waals surface area contributed by atoms with Gasteiger partial charge in [0.2, 0.25) is 0 Å². The van der Waals surface area contributed by atoms with Crippen LogP contribution in [0, 0.1) is 0 Å². The number of thiophene rings is 1. The molecule has 0 unspecified atom stereocenters. The van der Waals surface area contributed by atoms with Crippen molar-refractivity contribution in [2.45, 2.75) is 12.6 Å². The second kappa shape index (κ2) is 5.16. The minimum atomic E-state index is -0.0444. The Kier molecular flexibility index (Phi) is 3.20. The number of imidazole rings is 2. The molecule has 0 spiro atoms. The fraction of sp³-hybridized carbons (Fsp3) is 0.167. The molecular weight excluding hydrogens is 246 g/mol. The van der Waals surface area contributed by atoms with Gasteiger partial charge in [-0.25, -0.2) is 9.97 Å². The summed E-state index contributed by atoms with van der Waals surface area (Å²) in [5.41, 5.74) is 0. The maximum Gasteiger partial charge on any atom is 0.131 e. The molecule has 0 saturated carbocycles. The first kappa shape index (κ1) is 11.2. The van der Waals surface area contributed by atoms with Crippen LogP contribution in [0.15, 0.2) is 42.3 Å². The van der Waals surface area contributed by atoms with Crippen molar-refractivity contribution in [2.24, 2.45) is 0 Å². The molecule has 0 atom stereocenters. The summed E-state index contributed by atoms with van der Waals surface area (Å²) in [5, 5.41) is 5.53. The van der Waals surface area contributed by atoms with Gasteiger partial charge in [0.05, 0.1) is 0 Å². The second-order valence-electron chi connectivity index (χ2n) is 3.84. The highest BCUT2D eigenvalue weighted by atomic mass is 32.1. The molecule has 0 aliphatic heterocycles. The molecule has 0 aromatic carbocycles. The van der Waals surface area contributed by atoms with Gasteiger partial charge in [-0.05, 0) is 11.4 Å². The highest BCUT2D eigenvalue weighted by molar-refractivity contribution is 7.09. The number of nitrogens with zero attached hydrogens (tertiary/aromatic N) is 2. The van der Waals surface area contributed by atoms with E-state index in [1.165, 1.54) is 4.88 Å². The van der Waals surface area contributed by atoms with E-state index >= 15 is 0 Å². The maximum atomic E-state index is 4.30. The van der Waals surface area contributed by atoms with Crippen LogP contribution in [0.3, 0.4) is 0 Å². The van der Waals surface area contributed by atoms with Crippen LogP contribution in [0.1, 0.15) is 22.6 Å². The number of H-pyrrole nitrogens is 2. The van der Waals surface area contributed by atoms with Crippen LogP contribution in [-0.4, -0.2) is 19.9 Å². The molecule has 3 N–H and O–H groups in total. The number of aromatic amines is 2. The normalized spacial score (nSPS) is 11.2. The third-order valence-corrected chi connectivity index (χ3v) is 3.52. The molecule has 0 amide bonds. The molecule has 3 rings (SSSR count). The lowest BCUT2D eigenvalue weighted by Gasteiger charge is -2.13. The van der Waals surface area contributed by atoms with Crippen molar-refractivity contribution in [2.75, 3.05) is 0 Å². The lowest BCUT2D eigenvalue weighted by Crippen LogP contribution is -2.23. The van der Waals surface area contributed by atoms with Gasteiger partial charge in [-0.15, -0.1) is 11.3 Å². The Balaban J connectivity index is 1.78. The molecule has 3 aromatic heterocycles. The van der Waals surface area contributed by atoms with Crippen molar-refractivity contribution in [3.05, 3.63) is 58.8 Å². The zero-order chi connectivity index (χ0) is 12.2. The number of aromatic nitrogens is 4.